The number of carboxylic acid groups (broad SMARTS) is 1. The maximum atomic E-state index is 11.2. The van der Waals surface area contributed by atoms with Crippen LogP contribution in [0.3, 0.4) is 0 Å². The van der Waals surface area contributed by atoms with Crippen LogP contribution in [0.25, 0.3) is 10.9 Å². The first-order valence-electron chi connectivity index (χ1n) is 12.0. The van der Waals surface area contributed by atoms with Crippen LogP contribution in [0.15, 0.2) is 43.1 Å². The van der Waals surface area contributed by atoms with Crippen LogP contribution in [0.5, 0.6) is 5.75 Å². The number of carbonyl (C=O) groups excluding carboxylic acids is 1. The van der Waals surface area contributed by atoms with E-state index in [1.165, 1.54) is 6.42 Å². The summed E-state index contributed by atoms with van der Waals surface area (Å²) in [5.41, 5.74) is 1.85. The highest BCUT2D eigenvalue weighted by Gasteiger charge is 2.42. The molecule has 0 spiro atoms. The lowest BCUT2D eigenvalue weighted by molar-refractivity contribution is -0.163. The van der Waals surface area contributed by atoms with Gasteiger partial charge in [0.1, 0.15) is 24.1 Å². The molecule has 3 aliphatic heterocycles. The molecule has 1 aromatic carbocycles. The van der Waals surface area contributed by atoms with Crippen LogP contribution in [-0.4, -0.2) is 103 Å². The van der Waals surface area contributed by atoms with Crippen molar-refractivity contribution < 1.29 is 45.0 Å². The molecule has 11 heteroatoms. The van der Waals surface area contributed by atoms with Gasteiger partial charge in [0, 0.05) is 24.2 Å². The normalized spacial score (nSPS) is 26.6. The second kappa shape index (κ2) is 12.5. The van der Waals surface area contributed by atoms with Gasteiger partial charge in [0.05, 0.1) is 18.7 Å². The molecule has 0 aliphatic carbocycles. The number of aliphatic hydroxyl groups excluding tert-OH is 5. The highest BCUT2D eigenvalue weighted by atomic mass is 16.5. The summed E-state index contributed by atoms with van der Waals surface area (Å²) in [6.07, 6.45) is -2.77. The Morgan fingerprint density at radius 1 is 1.19 bits per heavy atom. The second-order valence-electron chi connectivity index (χ2n) is 9.37. The number of nitrogens with zero attached hydrogens (tertiary/aromatic N) is 2. The quantitative estimate of drug-likeness (QED) is 0.192. The van der Waals surface area contributed by atoms with E-state index in [9.17, 15) is 14.7 Å². The summed E-state index contributed by atoms with van der Waals surface area (Å²) < 4.78 is 5.35. The maximum absolute atomic E-state index is 11.2. The zero-order valence-electron chi connectivity index (χ0n) is 20.5. The van der Waals surface area contributed by atoms with Gasteiger partial charge in [-0.05, 0) is 61.1 Å². The van der Waals surface area contributed by atoms with Crippen molar-refractivity contribution >= 4 is 23.2 Å². The summed E-state index contributed by atoms with van der Waals surface area (Å²) in [6.45, 7) is 6.07. The van der Waals surface area contributed by atoms with Crippen LogP contribution >= 0.6 is 0 Å². The van der Waals surface area contributed by atoms with E-state index in [-0.39, 0.29) is 12.3 Å². The third-order valence-electron chi connectivity index (χ3n) is 7.24. The Labute approximate surface area is 214 Å². The summed E-state index contributed by atoms with van der Waals surface area (Å²) in [5, 5.41) is 55.3. The van der Waals surface area contributed by atoms with Gasteiger partial charge in [-0.15, -0.1) is 6.58 Å². The molecule has 2 bridgehead atoms. The minimum atomic E-state index is -2.25. The summed E-state index contributed by atoms with van der Waals surface area (Å²) >= 11 is 0. The van der Waals surface area contributed by atoms with Crippen molar-refractivity contribution in [2.45, 2.75) is 49.4 Å². The molecule has 3 aliphatic rings. The Bertz CT molecular complexity index is 1100. The summed E-state index contributed by atoms with van der Waals surface area (Å²) in [4.78, 5) is 26.8. The molecule has 0 radical (unpaired) electrons. The smallest absolute Gasteiger partial charge is 0.335 e. The predicted octanol–water partition coefficient (Wildman–Crippen LogP) is -0.113. The molecule has 6 N–H and O–H groups in total. The van der Waals surface area contributed by atoms with Gasteiger partial charge < -0.3 is 40.2 Å². The van der Waals surface area contributed by atoms with E-state index >= 15 is 0 Å². The van der Waals surface area contributed by atoms with Gasteiger partial charge in [-0.1, -0.05) is 6.08 Å². The van der Waals surface area contributed by atoms with E-state index in [1.807, 2.05) is 24.3 Å². The standard InChI is InChI=1S/C20H24N2O2.C6H10O7/c1-3-13-12-22-9-7-14(13)10-19(22)20(23)16-6-8-21-18-5-4-15(24-2)11-17(16)18;7-1-2(8)3(9)4(10)5(11)6(12)13/h3-6,8,11,13-14,19-20,23H,1,7,9-10,12H2,2H3;1-5,8-11H,(H,12,13)/t13-,14-,19+,20-;2-,3+,4+,5-/m00/s1. The SMILES string of the molecule is C=C[C@H]1CN2CC[C@H]1C[C@@H]2[C@@H](O)c1ccnc2ccc(OC)cc12.O=C[C@H](O)[C@@H](O)[C@@H](O)[C@H](O)C(=O)O. The van der Waals surface area contributed by atoms with Crippen molar-refractivity contribution in [1.29, 1.82) is 0 Å². The average Bonchev–Trinajstić information content (AvgIpc) is 2.94. The maximum Gasteiger partial charge on any atom is 0.335 e. The molecule has 3 fully saturated rings. The summed E-state index contributed by atoms with van der Waals surface area (Å²) in [7, 11) is 1.66. The van der Waals surface area contributed by atoms with E-state index in [4.69, 9.17) is 30.3 Å². The number of carboxylic acids is 1. The van der Waals surface area contributed by atoms with Gasteiger partial charge in [0.25, 0.3) is 0 Å². The number of benzene rings is 1. The highest BCUT2D eigenvalue weighted by molar-refractivity contribution is 5.84. The Morgan fingerprint density at radius 2 is 1.92 bits per heavy atom. The van der Waals surface area contributed by atoms with Crippen molar-refractivity contribution in [3.8, 4) is 5.75 Å². The third kappa shape index (κ3) is 6.32. The average molecular weight is 519 g/mol. The van der Waals surface area contributed by atoms with Crippen molar-refractivity contribution in [3.05, 3.63) is 48.7 Å². The fourth-order valence-electron chi connectivity index (χ4n) is 5.06. The monoisotopic (exact) mass is 518 g/mol. The summed E-state index contributed by atoms with van der Waals surface area (Å²) in [5.74, 6) is 0.247. The number of hydrogen-bond donors (Lipinski definition) is 6. The van der Waals surface area contributed by atoms with Gasteiger partial charge in [-0.2, -0.15) is 0 Å². The van der Waals surface area contributed by atoms with E-state index in [0.717, 1.165) is 41.7 Å². The minimum absolute atomic E-state index is 0.0809. The zero-order chi connectivity index (χ0) is 27.3. The van der Waals surface area contributed by atoms with Crippen LogP contribution in [0, 0.1) is 11.8 Å². The number of hydrogen-bond acceptors (Lipinski definition) is 10. The molecule has 9 atom stereocenters. The van der Waals surface area contributed by atoms with E-state index in [2.05, 4.69) is 22.5 Å². The van der Waals surface area contributed by atoms with Gasteiger partial charge in [-0.3, -0.25) is 9.88 Å². The lowest BCUT2D eigenvalue weighted by Crippen LogP contribution is -2.54. The Hall–Kier alpha value is -2.93. The predicted molar refractivity (Wildman–Crippen MR) is 133 cm³/mol. The van der Waals surface area contributed by atoms with Crippen LogP contribution in [0.4, 0.5) is 0 Å². The molecule has 3 saturated heterocycles. The molecule has 5 rings (SSSR count). The lowest BCUT2D eigenvalue weighted by Gasteiger charge is -2.50. The largest absolute Gasteiger partial charge is 0.497 e. The number of fused-ring (bicyclic) bond motifs is 4. The number of rotatable bonds is 9. The zero-order valence-corrected chi connectivity index (χ0v) is 20.5. The first-order chi connectivity index (χ1) is 17.6. The highest BCUT2D eigenvalue weighted by Crippen LogP contribution is 2.42. The van der Waals surface area contributed by atoms with Gasteiger partial charge >= 0.3 is 5.97 Å². The molecule has 37 heavy (non-hydrogen) atoms. The molecule has 4 heterocycles. The molecule has 0 saturated carbocycles. The Kier molecular flexibility index (Phi) is 9.71. The van der Waals surface area contributed by atoms with Gasteiger partial charge in [0.15, 0.2) is 12.4 Å². The van der Waals surface area contributed by atoms with E-state index in [1.54, 1.807) is 13.3 Å². The molecule has 1 aromatic heterocycles. The van der Waals surface area contributed by atoms with E-state index < -0.39 is 36.5 Å². The summed E-state index contributed by atoms with van der Waals surface area (Å²) in [6, 6.07) is 7.96. The molecule has 11 nitrogen and oxygen atoms in total. The van der Waals surface area contributed by atoms with Crippen molar-refractivity contribution in [1.82, 2.24) is 9.88 Å². The Balaban J connectivity index is 0.000000251. The Morgan fingerprint density at radius 3 is 2.49 bits per heavy atom. The van der Waals surface area contributed by atoms with Crippen molar-refractivity contribution in [2.75, 3.05) is 20.2 Å². The minimum Gasteiger partial charge on any atom is -0.497 e. The number of aldehydes is 1. The molecule has 2 aromatic rings. The third-order valence-corrected chi connectivity index (χ3v) is 7.24. The fraction of sp³-hybridized carbons (Fsp3) is 0.500. The number of aromatic nitrogens is 1. The number of piperidine rings is 3. The van der Waals surface area contributed by atoms with Gasteiger partial charge in [-0.25, -0.2) is 4.79 Å². The number of methoxy groups -OCH3 is 1. The fourth-order valence-corrected chi connectivity index (χ4v) is 5.06. The molecular formula is C26H34N2O9. The first kappa shape index (κ1) is 28.6. The van der Waals surface area contributed by atoms with E-state index in [0.29, 0.717) is 11.8 Å². The van der Waals surface area contributed by atoms with Crippen LogP contribution < -0.4 is 4.74 Å². The molecule has 202 valence electrons. The second-order valence-corrected chi connectivity index (χ2v) is 9.37. The van der Waals surface area contributed by atoms with Crippen molar-refractivity contribution in [3.63, 3.8) is 0 Å². The number of aliphatic carboxylic acids is 1. The first-order valence-corrected chi connectivity index (χ1v) is 12.0. The number of aliphatic hydroxyl groups is 5. The topological polar surface area (TPSA) is 181 Å². The van der Waals surface area contributed by atoms with Crippen molar-refractivity contribution in [2.24, 2.45) is 11.8 Å². The van der Waals surface area contributed by atoms with Gasteiger partial charge in [0.2, 0.25) is 0 Å². The number of pyridine rings is 1. The molecule has 1 unspecified atom stereocenters. The van der Waals surface area contributed by atoms with Crippen LogP contribution in [0.2, 0.25) is 0 Å². The number of ether oxygens (including phenoxy) is 1. The number of carbonyl (C=O) groups is 2. The van der Waals surface area contributed by atoms with Crippen LogP contribution in [0.1, 0.15) is 24.5 Å². The molecule has 0 amide bonds. The van der Waals surface area contributed by atoms with Crippen LogP contribution in [-0.2, 0) is 9.59 Å². The molecular weight excluding hydrogens is 484 g/mol. The lowest BCUT2D eigenvalue weighted by atomic mass is 9.73.